The van der Waals surface area contributed by atoms with E-state index in [1.54, 1.807) is 11.9 Å². The molecule has 17 heavy (non-hydrogen) atoms. The van der Waals surface area contributed by atoms with Crippen LogP contribution in [0.1, 0.15) is 43.9 Å². The average Bonchev–Trinajstić information content (AvgIpc) is 2.26. The molecule has 94 valence electrons. The van der Waals surface area contributed by atoms with Gasteiger partial charge in [-0.05, 0) is 64.1 Å². The van der Waals surface area contributed by atoms with Crippen LogP contribution in [-0.2, 0) is 0 Å². The third kappa shape index (κ3) is 3.81. The molecule has 1 N–H and O–H groups in total. The molecular weight excluding hydrogens is 226 g/mol. The van der Waals surface area contributed by atoms with Crippen LogP contribution in [0.25, 0.3) is 0 Å². The van der Waals surface area contributed by atoms with Crippen molar-refractivity contribution < 1.29 is 0 Å². The second-order valence-corrected chi connectivity index (χ2v) is 5.69. The maximum Gasteiger partial charge on any atom is 0.0502 e. The lowest BCUT2D eigenvalue weighted by Crippen LogP contribution is -1.95. The summed E-state index contributed by atoms with van der Waals surface area (Å²) in [7, 11) is 0. The molecular formula is C15H23NS. The number of nitrogens with one attached hydrogen (secondary N) is 1. The molecule has 1 aromatic carbocycles. The Labute approximate surface area is 110 Å². The third-order valence-electron chi connectivity index (χ3n) is 3.11. The van der Waals surface area contributed by atoms with Gasteiger partial charge >= 0.3 is 0 Å². The van der Waals surface area contributed by atoms with Crippen LogP contribution in [0.5, 0.6) is 0 Å². The normalized spacial score (nSPS) is 12.4. The quantitative estimate of drug-likeness (QED) is 0.719. The monoisotopic (exact) mass is 249 g/mol. The molecule has 0 heterocycles. The number of hydrogen-bond acceptors (Lipinski definition) is 2. The highest BCUT2D eigenvalue weighted by molar-refractivity contribution is 8.04. The van der Waals surface area contributed by atoms with E-state index in [9.17, 15) is 0 Å². The lowest BCUT2D eigenvalue weighted by Gasteiger charge is -2.14. The van der Waals surface area contributed by atoms with E-state index in [1.807, 2.05) is 0 Å². The summed E-state index contributed by atoms with van der Waals surface area (Å²) in [5, 5.41) is 0. The molecule has 1 nitrogen and oxygen atoms in total. The smallest absolute Gasteiger partial charge is 0.0502 e. The van der Waals surface area contributed by atoms with Gasteiger partial charge in [-0.15, -0.1) is 0 Å². The number of anilines is 1. The first-order valence-electron chi connectivity index (χ1n) is 6.12. The van der Waals surface area contributed by atoms with Crippen molar-refractivity contribution in [3.63, 3.8) is 0 Å². The van der Waals surface area contributed by atoms with Gasteiger partial charge < -0.3 is 4.72 Å². The summed E-state index contributed by atoms with van der Waals surface area (Å²) in [4.78, 5) is 1.37. The molecule has 1 aromatic rings. The Morgan fingerprint density at radius 2 is 1.65 bits per heavy atom. The summed E-state index contributed by atoms with van der Waals surface area (Å²) >= 11 is 1.73. The third-order valence-corrected chi connectivity index (χ3v) is 4.08. The average molecular weight is 249 g/mol. The zero-order valence-electron chi connectivity index (χ0n) is 11.8. The Bertz CT molecular complexity index is 410. The Morgan fingerprint density at radius 1 is 1.12 bits per heavy atom. The highest BCUT2D eigenvalue weighted by Gasteiger charge is 2.04. The first-order valence-corrected chi connectivity index (χ1v) is 6.94. The van der Waals surface area contributed by atoms with Crippen LogP contribution in [0.2, 0.25) is 0 Å². The Morgan fingerprint density at radius 3 is 2.12 bits per heavy atom. The lowest BCUT2D eigenvalue weighted by atomic mass is 10.1. The number of rotatable bonds is 4. The topological polar surface area (TPSA) is 12.0 Å². The molecule has 0 saturated heterocycles. The van der Waals surface area contributed by atoms with Crippen LogP contribution >= 0.6 is 11.9 Å². The van der Waals surface area contributed by atoms with Gasteiger partial charge in [0.05, 0.1) is 5.69 Å². The van der Waals surface area contributed by atoms with E-state index >= 15 is 0 Å². The molecule has 2 heteroatoms. The second-order valence-electron chi connectivity index (χ2n) is 4.67. The van der Waals surface area contributed by atoms with Crippen LogP contribution in [0.15, 0.2) is 22.6 Å². The first-order chi connectivity index (χ1) is 7.95. The van der Waals surface area contributed by atoms with E-state index < -0.39 is 0 Å². The molecule has 0 spiro atoms. The number of aryl methyl sites for hydroxylation is 3. The molecule has 0 atom stereocenters. The molecule has 0 radical (unpaired) electrons. The fraction of sp³-hybridized carbons (Fsp3) is 0.467. The fourth-order valence-electron chi connectivity index (χ4n) is 1.80. The highest BCUT2D eigenvalue weighted by atomic mass is 32.2. The molecule has 0 aliphatic heterocycles. The van der Waals surface area contributed by atoms with Gasteiger partial charge in [-0.25, -0.2) is 0 Å². The molecule has 0 fully saturated rings. The number of allylic oxidation sites excluding steroid dienone is 2. The largest absolute Gasteiger partial charge is 0.325 e. The molecule has 0 unspecified atom stereocenters. The lowest BCUT2D eigenvalue weighted by molar-refractivity contribution is 1.09. The van der Waals surface area contributed by atoms with Crippen molar-refractivity contribution in [2.24, 2.45) is 0 Å². The minimum absolute atomic E-state index is 1.12. The predicted octanol–water partition coefficient (Wildman–Crippen LogP) is 5.38. The van der Waals surface area contributed by atoms with Gasteiger partial charge in [0.1, 0.15) is 0 Å². The highest BCUT2D eigenvalue weighted by Crippen LogP contribution is 2.28. The molecule has 0 aromatic heterocycles. The number of hydrogen-bond donors (Lipinski definition) is 1. The van der Waals surface area contributed by atoms with Crippen molar-refractivity contribution in [2.75, 3.05) is 4.72 Å². The predicted molar refractivity (Wildman–Crippen MR) is 80.5 cm³/mol. The maximum absolute atomic E-state index is 3.48. The van der Waals surface area contributed by atoms with Gasteiger partial charge in [-0.3, -0.25) is 0 Å². The summed E-state index contributed by atoms with van der Waals surface area (Å²) in [6.45, 7) is 13.0. The van der Waals surface area contributed by atoms with E-state index in [-0.39, 0.29) is 0 Å². The van der Waals surface area contributed by atoms with Crippen molar-refractivity contribution in [3.8, 4) is 0 Å². The van der Waals surface area contributed by atoms with E-state index in [2.05, 4.69) is 58.4 Å². The Balaban J connectivity index is 2.84. The molecule has 1 rings (SSSR count). The van der Waals surface area contributed by atoms with Crippen molar-refractivity contribution in [2.45, 2.75) is 48.0 Å². The van der Waals surface area contributed by atoms with Gasteiger partial charge in [0, 0.05) is 4.91 Å². The minimum Gasteiger partial charge on any atom is -0.325 e. The van der Waals surface area contributed by atoms with Crippen LogP contribution in [-0.4, -0.2) is 0 Å². The van der Waals surface area contributed by atoms with Crippen LogP contribution in [0.3, 0.4) is 0 Å². The van der Waals surface area contributed by atoms with Crippen LogP contribution in [0.4, 0.5) is 5.69 Å². The fourth-order valence-corrected chi connectivity index (χ4v) is 2.70. The van der Waals surface area contributed by atoms with Crippen LogP contribution in [0, 0.1) is 20.8 Å². The summed E-state index contributed by atoms with van der Waals surface area (Å²) in [5.74, 6) is 0. The van der Waals surface area contributed by atoms with Gasteiger partial charge in [0.2, 0.25) is 0 Å². The Kier molecular flexibility index (Phi) is 5.13. The minimum atomic E-state index is 1.12. The molecule has 0 amide bonds. The van der Waals surface area contributed by atoms with Crippen molar-refractivity contribution in [3.05, 3.63) is 39.3 Å². The zero-order chi connectivity index (χ0) is 13.0. The van der Waals surface area contributed by atoms with Crippen molar-refractivity contribution in [1.29, 1.82) is 0 Å². The van der Waals surface area contributed by atoms with Gasteiger partial charge in [-0.1, -0.05) is 30.2 Å². The molecule has 0 bridgehead atoms. The van der Waals surface area contributed by atoms with Gasteiger partial charge in [0.25, 0.3) is 0 Å². The van der Waals surface area contributed by atoms with E-state index in [4.69, 9.17) is 0 Å². The van der Waals surface area contributed by atoms with Crippen LogP contribution < -0.4 is 4.72 Å². The summed E-state index contributed by atoms with van der Waals surface area (Å²) in [5.41, 5.74) is 6.66. The molecule has 0 aliphatic rings. The van der Waals surface area contributed by atoms with E-state index in [0.29, 0.717) is 0 Å². The van der Waals surface area contributed by atoms with E-state index in [0.717, 1.165) is 6.42 Å². The summed E-state index contributed by atoms with van der Waals surface area (Å²) in [6, 6.07) is 4.45. The standard InChI is InChI=1S/C15H23NS/c1-7-11(3)14(6)17-16-15-12(4)8-10(2)9-13(15)5/h8-9,16H,7H2,1-6H3/b14-11+. The number of benzene rings is 1. The van der Waals surface area contributed by atoms with E-state index in [1.165, 1.54) is 32.9 Å². The first kappa shape index (κ1) is 14.2. The van der Waals surface area contributed by atoms with Crippen molar-refractivity contribution >= 4 is 17.6 Å². The molecule has 0 saturated carbocycles. The second kappa shape index (κ2) is 6.15. The van der Waals surface area contributed by atoms with Gasteiger partial charge in [-0.2, -0.15) is 0 Å². The summed E-state index contributed by atoms with van der Waals surface area (Å²) in [6.07, 6.45) is 1.12. The van der Waals surface area contributed by atoms with Crippen molar-refractivity contribution in [1.82, 2.24) is 0 Å². The SMILES string of the molecule is CC/C(C)=C(\C)SNc1c(C)cc(C)cc1C. The Hall–Kier alpha value is -0.890. The van der Waals surface area contributed by atoms with Gasteiger partial charge in [0.15, 0.2) is 0 Å². The zero-order valence-corrected chi connectivity index (χ0v) is 12.6. The summed E-state index contributed by atoms with van der Waals surface area (Å²) < 4.78 is 3.48. The maximum atomic E-state index is 3.48. The molecule has 0 aliphatic carbocycles.